The quantitative estimate of drug-likeness (QED) is 0.438. The smallest absolute Gasteiger partial charge is 0.299 e. The first-order valence-electron chi connectivity index (χ1n) is 14.6. The Kier molecular flexibility index (Phi) is 6.52. The molecule has 1 spiro atoms. The molecule has 210 valence electrons. The summed E-state index contributed by atoms with van der Waals surface area (Å²) in [5.41, 5.74) is 3.51. The molecule has 6 rings (SSSR count). The molecular formula is C34H40N2O4. The number of aliphatic hydroxyl groups is 1. The monoisotopic (exact) mass is 540 g/mol. The van der Waals surface area contributed by atoms with Gasteiger partial charge >= 0.3 is 0 Å². The fourth-order valence-electron chi connectivity index (χ4n) is 8.09. The number of nitrogens with zero attached hydrogens (tertiary/aromatic N) is 2. The number of phenols is 1. The van der Waals surface area contributed by atoms with Crippen molar-refractivity contribution in [3.63, 3.8) is 0 Å². The Bertz CT molecular complexity index is 1440. The molecule has 2 aliphatic heterocycles. The van der Waals surface area contributed by atoms with E-state index in [9.17, 15) is 15.0 Å². The summed E-state index contributed by atoms with van der Waals surface area (Å²) in [6.07, 6.45) is 3.99. The lowest BCUT2D eigenvalue weighted by Crippen LogP contribution is -2.78. The minimum atomic E-state index is -1.03. The van der Waals surface area contributed by atoms with Gasteiger partial charge in [-0.2, -0.15) is 0 Å². The van der Waals surface area contributed by atoms with Crippen molar-refractivity contribution in [1.82, 2.24) is 9.80 Å². The van der Waals surface area contributed by atoms with Crippen molar-refractivity contribution in [3.8, 4) is 23.3 Å². The number of carbonyl (C=O) groups is 1. The molecule has 1 saturated heterocycles. The summed E-state index contributed by atoms with van der Waals surface area (Å²) in [4.78, 5) is 18.1. The topological polar surface area (TPSA) is 73.2 Å². The van der Waals surface area contributed by atoms with E-state index in [0.29, 0.717) is 44.5 Å². The highest BCUT2D eigenvalue weighted by atomic mass is 16.5. The number of carbonyl (C=O) groups excluding carboxylic acids is 1. The van der Waals surface area contributed by atoms with Crippen LogP contribution in [0.5, 0.6) is 11.5 Å². The minimum absolute atomic E-state index is 0.0758. The molecule has 0 aromatic heterocycles. The molecule has 4 aliphatic rings. The fraction of sp³-hybridized carbons (Fsp3) is 0.500. The molecule has 2 aromatic carbocycles. The Hall–Kier alpha value is -3.27. The van der Waals surface area contributed by atoms with Gasteiger partial charge in [-0.15, -0.1) is 6.58 Å². The van der Waals surface area contributed by atoms with Gasteiger partial charge in [-0.3, -0.25) is 9.69 Å². The van der Waals surface area contributed by atoms with Gasteiger partial charge in [0.05, 0.1) is 17.1 Å². The van der Waals surface area contributed by atoms with Crippen LogP contribution < -0.4 is 4.74 Å². The van der Waals surface area contributed by atoms with Gasteiger partial charge in [0.2, 0.25) is 0 Å². The number of piperidine rings is 1. The summed E-state index contributed by atoms with van der Waals surface area (Å²) in [6.45, 7) is 14.3. The fourth-order valence-corrected chi connectivity index (χ4v) is 8.09. The van der Waals surface area contributed by atoms with E-state index in [4.69, 9.17) is 4.74 Å². The Morgan fingerprint density at radius 2 is 2.05 bits per heavy atom. The number of hydrogen-bond donors (Lipinski definition) is 2. The van der Waals surface area contributed by atoms with E-state index in [2.05, 4.69) is 44.1 Å². The number of phenolic OH excluding ortho intramolecular Hbond substituents is 1. The summed E-state index contributed by atoms with van der Waals surface area (Å²) in [7, 11) is 0. The van der Waals surface area contributed by atoms with Crippen LogP contribution in [0.4, 0.5) is 0 Å². The van der Waals surface area contributed by atoms with E-state index < -0.39 is 17.1 Å². The van der Waals surface area contributed by atoms with Crippen molar-refractivity contribution < 1.29 is 19.7 Å². The zero-order valence-corrected chi connectivity index (χ0v) is 24.0. The lowest BCUT2D eigenvalue weighted by atomic mass is 9.48. The summed E-state index contributed by atoms with van der Waals surface area (Å²) >= 11 is 0. The maximum Gasteiger partial charge on any atom is 0.299 e. The van der Waals surface area contributed by atoms with Gasteiger partial charge in [0.15, 0.2) is 11.5 Å². The van der Waals surface area contributed by atoms with E-state index in [1.807, 2.05) is 42.2 Å². The molecule has 5 atom stereocenters. The average Bonchev–Trinajstić information content (AvgIpc) is 3.27. The van der Waals surface area contributed by atoms with Gasteiger partial charge in [0.1, 0.15) is 6.10 Å². The van der Waals surface area contributed by atoms with Crippen LogP contribution >= 0.6 is 0 Å². The van der Waals surface area contributed by atoms with Gasteiger partial charge in [-0.1, -0.05) is 38.0 Å². The number of likely N-dealkylation sites (tertiary alicyclic amines) is 1. The van der Waals surface area contributed by atoms with Crippen LogP contribution in [0, 0.1) is 31.6 Å². The van der Waals surface area contributed by atoms with Crippen LogP contribution in [-0.2, 0) is 16.6 Å². The van der Waals surface area contributed by atoms with Crippen molar-refractivity contribution in [2.24, 2.45) is 5.92 Å². The summed E-state index contributed by atoms with van der Waals surface area (Å²) in [5.74, 6) is 6.63. The van der Waals surface area contributed by atoms with Crippen LogP contribution in [-0.4, -0.2) is 69.3 Å². The molecule has 1 amide bonds. The van der Waals surface area contributed by atoms with E-state index in [1.54, 1.807) is 6.07 Å². The van der Waals surface area contributed by atoms with Gasteiger partial charge in [0.25, 0.3) is 5.91 Å². The predicted octanol–water partition coefficient (Wildman–Crippen LogP) is 4.25. The van der Waals surface area contributed by atoms with Gasteiger partial charge in [-0.25, -0.2) is 0 Å². The van der Waals surface area contributed by atoms with Crippen molar-refractivity contribution in [2.45, 2.75) is 82.6 Å². The van der Waals surface area contributed by atoms with E-state index in [1.165, 1.54) is 5.56 Å². The molecule has 6 heteroatoms. The summed E-state index contributed by atoms with van der Waals surface area (Å²) in [5, 5.41) is 23.6. The van der Waals surface area contributed by atoms with E-state index in [-0.39, 0.29) is 29.7 Å². The molecule has 40 heavy (non-hydrogen) atoms. The van der Waals surface area contributed by atoms with Crippen LogP contribution in [0.1, 0.15) is 60.9 Å². The third-order valence-corrected chi connectivity index (χ3v) is 9.95. The first kappa shape index (κ1) is 26.9. The molecule has 2 heterocycles. The molecule has 0 radical (unpaired) electrons. The van der Waals surface area contributed by atoms with Crippen molar-refractivity contribution >= 4 is 5.91 Å². The predicted molar refractivity (Wildman–Crippen MR) is 155 cm³/mol. The molecule has 6 nitrogen and oxygen atoms in total. The van der Waals surface area contributed by atoms with Crippen LogP contribution in [0.25, 0.3) is 0 Å². The summed E-state index contributed by atoms with van der Waals surface area (Å²) in [6, 6.07) is 9.35. The second kappa shape index (κ2) is 9.68. The van der Waals surface area contributed by atoms with Crippen molar-refractivity contribution in [2.75, 3.05) is 19.6 Å². The average molecular weight is 541 g/mol. The third kappa shape index (κ3) is 3.82. The number of ether oxygens (including phenoxy) is 1. The zero-order valence-electron chi connectivity index (χ0n) is 24.0. The molecule has 2 fully saturated rings. The SMILES string of the molecule is C=CCN1CC[C@]23c4c5ccc(O)c4O[C@H]2[C@@H](N(CC(C)C)C(=O)C#Cc2ccc(C)c(C)c2)CC[C@@]3(O)[C@H]1C5. The second-order valence-corrected chi connectivity index (χ2v) is 12.6. The largest absolute Gasteiger partial charge is 0.504 e. The van der Waals surface area contributed by atoms with E-state index in [0.717, 1.165) is 28.8 Å². The van der Waals surface area contributed by atoms with Crippen LogP contribution in [0.2, 0.25) is 0 Å². The van der Waals surface area contributed by atoms with Gasteiger partial charge in [0, 0.05) is 36.2 Å². The molecule has 2 aliphatic carbocycles. The van der Waals surface area contributed by atoms with Gasteiger partial charge in [-0.05, 0) is 86.9 Å². The molecule has 2 N–H and O–H groups in total. The Balaban J connectivity index is 1.42. The summed E-state index contributed by atoms with van der Waals surface area (Å²) < 4.78 is 6.70. The first-order chi connectivity index (χ1) is 19.1. The van der Waals surface area contributed by atoms with Crippen molar-refractivity contribution in [3.05, 3.63) is 70.8 Å². The maximum absolute atomic E-state index is 13.8. The normalized spacial score (nSPS) is 29.7. The van der Waals surface area contributed by atoms with Crippen LogP contribution in [0.3, 0.4) is 0 Å². The number of benzene rings is 2. The third-order valence-electron chi connectivity index (χ3n) is 9.95. The Labute approximate surface area is 237 Å². The molecule has 0 unspecified atom stereocenters. The lowest BCUT2D eigenvalue weighted by Gasteiger charge is -2.64. The molecule has 2 aromatic rings. The van der Waals surface area contributed by atoms with Gasteiger partial charge < -0.3 is 19.8 Å². The number of rotatable bonds is 5. The highest BCUT2D eigenvalue weighted by Gasteiger charge is 2.73. The minimum Gasteiger partial charge on any atom is -0.504 e. The van der Waals surface area contributed by atoms with Crippen molar-refractivity contribution in [1.29, 1.82) is 0 Å². The molecular weight excluding hydrogens is 500 g/mol. The Morgan fingerprint density at radius 3 is 2.77 bits per heavy atom. The van der Waals surface area contributed by atoms with E-state index >= 15 is 0 Å². The number of amides is 1. The zero-order chi connectivity index (χ0) is 28.4. The second-order valence-electron chi connectivity index (χ2n) is 12.6. The first-order valence-corrected chi connectivity index (χ1v) is 14.6. The highest BCUT2D eigenvalue weighted by molar-refractivity contribution is 5.94. The maximum atomic E-state index is 13.8. The highest BCUT2D eigenvalue weighted by Crippen LogP contribution is 2.65. The number of hydrogen-bond acceptors (Lipinski definition) is 5. The number of aromatic hydroxyl groups is 1. The Morgan fingerprint density at radius 1 is 1.25 bits per heavy atom. The standard InChI is InChI=1S/C34H40N2O4/c1-6-16-35-17-15-33-30-25-10-11-27(37)31(30)40-32(33)26(13-14-34(33,39)28(35)19-25)36(20-21(2)3)29(38)12-9-24-8-7-22(4)23(5)18-24/h6-8,10-11,18,21,26,28,32,37,39H,1,13-17,19-20H2,2-5H3/t26-,28+,32-,33-,34+/m0/s1. The number of aryl methyl sites for hydroxylation is 2. The molecule has 1 saturated carbocycles. The lowest BCUT2D eigenvalue weighted by molar-refractivity contribution is -0.199. The molecule has 2 bridgehead atoms. The van der Waals surface area contributed by atoms with Crippen LogP contribution in [0.15, 0.2) is 43.0 Å².